The molecule has 1 aromatic rings. The molecule has 0 aliphatic heterocycles. The topological polar surface area (TPSA) is 80.9 Å². The predicted molar refractivity (Wildman–Crippen MR) is 63.2 cm³/mol. The molecule has 88 valence electrons. The summed E-state index contributed by atoms with van der Waals surface area (Å²) in [5.74, 6) is -0.0545. The monoisotopic (exact) mass is 240 g/mol. The molecule has 5 nitrogen and oxygen atoms in total. The van der Waals surface area contributed by atoms with Gasteiger partial charge in [0.2, 0.25) is 11.0 Å². The largest absolute Gasteiger partial charge is 0.325 e. The number of hydrogen-bond acceptors (Lipinski definition) is 5. The number of nitrogens with one attached hydrogen (secondary N) is 1. The van der Waals surface area contributed by atoms with Crippen LogP contribution in [0.1, 0.15) is 38.5 Å². The van der Waals surface area contributed by atoms with Gasteiger partial charge in [0.15, 0.2) is 0 Å². The summed E-state index contributed by atoms with van der Waals surface area (Å²) < 4.78 is 0. The Hall–Kier alpha value is -1.01. The van der Waals surface area contributed by atoms with Crippen LogP contribution in [0.3, 0.4) is 0 Å². The van der Waals surface area contributed by atoms with E-state index in [4.69, 9.17) is 5.73 Å². The van der Waals surface area contributed by atoms with Crippen molar-refractivity contribution in [1.82, 2.24) is 10.2 Å². The second-order valence-electron chi connectivity index (χ2n) is 4.39. The Labute approximate surface area is 98.4 Å². The molecular weight excluding hydrogens is 224 g/mol. The van der Waals surface area contributed by atoms with E-state index in [0.29, 0.717) is 11.6 Å². The highest BCUT2D eigenvalue weighted by Crippen LogP contribution is 2.28. The van der Waals surface area contributed by atoms with Gasteiger partial charge in [-0.3, -0.25) is 4.79 Å². The molecule has 6 heteroatoms. The van der Waals surface area contributed by atoms with E-state index < -0.39 is 0 Å². The minimum Gasteiger partial charge on any atom is -0.325 e. The lowest BCUT2D eigenvalue weighted by atomic mass is 9.80. The van der Waals surface area contributed by atoms with E-state index in [0.717, 1.165) is 25.7 Å². The second kappa shape index (κ2) is 4.88. The van der Waals surface area contributed by atoms with Crippen LogP contribution in [-0.4, -0.2) is 21.6 Å². The predicted octanol–water partition coefficient (Wildman–Crippen LogP) is 1.53. The van der Waals surface area contributed by atoms with E-state index in [1.165, 1.54) is 17.8 Å². The summed E-state index contributed by atoms with van der Waals surface area (Å²) in [6.45, 7) is 0. The first kappa shape index (κ1) is 11.5. The Balaban J connectivity index is 1.86. The fraction of sp³-hybridized carbons (Fsp3) is 0.700. The van der Waals surface area contributed by atoms with E-state index >= 15 is 0 Å². The van der Waals surface area contributed by atoms with Gasteiger partial charge >= 0.3 is 0 Å². The Morgan fingerprint density at radius 3 is 2.88 bits per heavy atom. The van der Waals surface area contributed by atoms with Crippen LogP contribution in [0.4, 0.5) is 5.13 Å². The summed E-state index contributed by atoms with van der Waals surface area (Å²) in [5.41, 5.74) is 7.47. The van der Waals surface area contributed by atoms with E-state index in [-0.39, 0.29) is 11.4 Å². The Kier molecular flexibility index (Phi) is 3.50. The van der Waals surface area contributed by atoms with E-state index in [9.17, 15) is 4.79 Å². The average Bonchev–Trinajstić information content (AvgIpc) is 2.70. The van der Waals surface area contributed by atoms with E-state index in [1.54, 1.807) is 5.51 Å². The Morgan fingerprint density at radius 2 is 2.25 bits per heavy atom. The molecule has 1 saturated carbocycles. The van der Waals surface area contributed by atoms with Crippen LogP contribution in [0.5, 0.6) is 0 Å². The minimum absolute atomic E-state index is 0.0545. The van der Waals surface area contributed by atoms with Crippen molar-refractivity contribution in [2.75, 3.05) is 5.32 Å². The maximum Gasteiger partial charge on any atom is 0.228 e. The third-order valence-corrected chi connectivity index (χ3v) is 3.58. The summed E-state index contributed by atoms with van der Waals surface area (Å²) in [4.78, 5) is 11.7. The van der Waals surface area contributed by atoms with Gasteiger partial charge in [-0.1, -0.05) is 30.6 Å². The maximum atomic E-state index is 11.7. The quantitative estimate of drug-likeness (QED) is 0.839. The van der Waals surface area contributed by atoms with Crippen molar-refractivity contribution in [2.45, 2.75) is 44.1 Å². The lowest BCUT2D eigenvalue weighted by Gasteiger charge is -2.32. The van der Waals surface area contributed by atoms with Gasteiger partial charge in [-0.2, -0.15) is 0 Å². The molecule has 3 N–H and O–H groups in total. The molecule has 16 heavy (non-hydrogen) atoms. The smallest absolute Gasteiger partial charge is 0.228 e. The van der Waals surface area contributed by atoms with Crippen molar-refractivity contribution in [3.8, 4) is 0 Å². The highest BCUT2D eigenvalue weighted by atomic mass is 32.1. The van der Waals surface area contributed by atoms with Crippen LogP contribution < -0.4 is 11.1 Å². The van der Waals surface area contributed by atoms with Gasteiger partial charge in [0.25, 0.3) is 0 Å². The molecule has 1 amide bonds. The van der Waals surface area contributed by atoms with Gasteiger partial charge in [-0.15, -0.1) is 10.2 Å². The molecule has 1 aliphatic rings. The highest BCUT2D eigenvalue weighted by Gasteiger charge is 2.30. The minimum atomic E-state index is -0.312. The van der Waals surface area contributed by atoms with E-state index in [1.807, 2.05) is 0 Å². The van der Waals surface area contributed by atoms with Crippen molar-refractivity contribution in [3.05, 3.63) is 5.51 Å². The first-order chi connectivity index (χ1) is 7.68. The van der Waals surface area contributed by atoms with E-state index in [2.05, 4.69) is 15.5 Å². The number of rotatable bonds is 3. The number of hydrogen-bond donors (Lipinski definition) is 2. The maximum absolute atomic E-state index is 11.7. The third-order valence-electron chi connectivity index (χ3n) is 2.97. The number of carbonyl (C=O) groups excluding carboxylic acids is 1. The van der Waals surface area contributed by atoms with Crippen LogP contribution in [-0.2, 0) is 4.79 Å². The molecule has 0 unspecified atom stereocenters. The van der Waals surface area contributed by atoms with Gasteiger partial charge in [0.1, 0.15) is 5.51 Å². The summed E-state index contributed by atoms with van der Waals surface area (Å²) in [6, 6.07) is 0. The molecular formula is C10H16N4OS. The number of anilines is 1. The van der Waals surface area contributed by atoms with Crippen LogP contribution in [0.2, 0.25) is 0 Å². The molecule has 1 aromatic heterocycles. The lowest BCUT2D eigenvalue weighted by Crippen LogP contribution is -2.44. The summed E-state index contributed by atoms with van der Waals surface area (Å²) in [6.07, 6.45) is 5.75. The average molecular weight is 240 g/mol. The summed E-state index contributed by atoms with van der Waals surface area (Å²) >= 11 is 1.32. The number of aromatic nitrogens is 2. The first-order valence-corrected chi connectivity index (χ1v) is 6.41. The zero-order chi connectivity index (χ0) is 11.4. The SMILES string of the molecule is NC1(CC(=O)Nc2nncs2)CCCCC1. The van der Waals surface area contributed by atoms with Crippen LogP contribution in [0.25, 0.3) is 0 Å². The van der Waals surface area contributed by atoms with Crippen molar-refractivity contribution >= 4 is 22.4 Å². The molecule has 0 radical (unpaired) electrons. The normalized spacial score (nSPS) is 19.3. The Bertz CT molecular complexity index is 346. The van der Waals surface area contributed by atoms with Crippen molar-refractivity contribution < 1.29 is 4.79 Å². The molecule has 1 aliphatic carbocycles. The molecule has 0 atom stereocenters. The zero-order valence-electron chi connectivity index (χ0n) is 9.11. The molecule has 0 saturated heterocycles. The van der Waals surface area contributed by atoms with Crippen LogP contribution >= 0.6 is 11.3 Å². The fourth-order valence-electron chi connectivity index (χ4n) is 2.14. The highest BCUT2D eigenvalue weighted by molar-refractivity contribution is 7.13. The van der Waals surface area contributed by atoms with Crippen LogP contribution in [0.15, 0.2) is 5.51 Å². The van der Waals surface area contributed by atoms with Crippen LogP contribution in [0, 0.1) is 0 Å². The number of nitrogens with two attached hydrogens (primary N) is 1. The molecule has 1 heterocycles. The van der Waals surface area contributed by atoms with Gasteiger partial charge in [0.05, 0.1) is 0 Å². The molecule has 0 bridgehead atoms. The fourth-order valence-corrected chi connectivity index (χ4v) is 2.60. The third kappa shape index (κ3) is 2.99. The number of carbonyl (C=O) groups is 1. The number of amides is 1. The van der Waals surface area contributed by atoms with Crippen molar-refractivity contribution in [1.29, 1.82) is 0 Å². The summed E-state index contributed by atoms with van der Waals surface area (Å²) in [7, 11) is 0. The first-order valence-electron chi connectivity index (χ1n) is 5.53. The standard InChI is InChI=1S/C10H16N4OS/c11-10(4-2-1-3-5-10)6-8(15)13-9-14-12-7-16-9/h7H,1-6,11H2,(H,13,14,15). The second-order valence-corrected chi connectivity index (χ2v) is 5.23. The number of nitrogens with zero attached hydrogens (tertiary/aromatic N) is 2. The van der Waals surface area contributed by atoms with Crippen molar-refractivity contribution in [2.24, 2.45) is 5.73 Å². The molecule has 2 rings (SSSR count). The summed E-state index contributed by atoms with van der Waals surface area (Å²) in [5, 5.41) is 10.7. The van der Waals surface area contributed by atoms with Gasteiger partial charge < -0.3 is 11.1 Å². The lowest BCUT2D eigenvalue weighted by molar-refractivity contribution is -0.117. The zero-order valence-corrected chi connectivity index (χ0v) is 9.92. The Morgan fingerprint density at radius 1 is 1.50 bits per heavy atom. The van der Waals surface area contributed by atoms with Gasteiger partial charge in [-0.25, -0.2) is 0 Å². The van der Waals surface area contributed by atoms with Crippen molar-refractivity contribution in [3.63, 3.8) is 0 Å². The molecule has 1 fully saturated rings. The van der Waals surface area contributed by atoms with Gasteiger partial charge in [-0.05, 0) is 12.8 Å². The molecule has 0 spiro atoms. The molecule has 0 aromatic carbocycles. The van der Waals surface area contributed by atoms with Gasteiger partial charge in [0, 0.05) is 12.0 Å².